The summed E-state index contributed by atoms with van der Waals surface area (Å²) >= 11 is 0. The van der Waals surface area contributed by atoms with E-state index >= 15 is 0 Å². The number of carbonyl (C=O) groups excluding carboxylic acids is 1. The van der Waals surface area contributed by atoms with Gasteiger partial charge in [-0.3, -0.25) is 4.79 Å². The van der Waals surface area contributed by atoms with Gasteiger partial charge in [0.05, 0.1) is 31.3 Å². The highest BCUT2D eigenvalue weighted by molar-refractivity contribution is 5.79. The SMILES string of the molecule is CC1(C)CC[C@@]2(C(=O)O[C@@H]3O[C@H](CO)[C@@H](O)[C@H](O)[C@H]3O)CC[C@@]3(C)C(=CC[C@@H]4[C@]5(C)CC[C@H](O[C@H]6O[C@H](CO)[C@@H](O)[C@H](O)[C@H]6O[C@H]6O[C@@H](CO)[C@H](O)[C@@H](O)[C@H]6O)C(C)(C)[C@H]5CC[C@]43C)[C@H]2C1. The molecular weight excluding hydrogens is 865 g/mol. The molecule has 18 nitrogen and oxygen atoms in total. The summed E-state index contributed by atoms with van der Waals surface area (Å²) < 4.78 is 36.2. The van der Waals surface area contributed by atoms with E-state index in [1.165, 1.54) is 5.57 Å². The Hall–Kier alpha value is -1.43. The summed E-state index contributed by atoms with van der Waals surface area (Å²) in [5.41, 5.74) is -0.746. The van der Waals surface area contributed by atoms with E-state index in [2.05, 4.69) is 54.5 Å². The Balaban J connectivity index is 1.04. The highest BCUT2D eigenvalue weighted by Crippen LogP contribution is 2.76. The van der Waals surface area contributed by atoms with Crippen LogP contribution in [0.1, 0.15) is 113 Å². The molecule has 18 heteroatoms. The lowest BCUT2D eigenvalue weighted by molar-refractivity contribution is -0.378. The summed E-state index contributed by atoms with van der Waals surface area (Å²) in [6, 6.07) is 0. The van der Waals surface area contributed by atoms with Crippen LogP contribution in [0.2, 0.25) is 0 Å². The van der Waals surface area contributed by atoms with Crippen LogP contribution in [0.3, 0.4) is 0 Å². The molecule has 3 heterocycles. The molecule has 0 aromatic heterocycles. The highest BCUT2D eigenvalue weighted by Gasteiger charge is 2.70. The Kier molecular flexibility index (Phi) is 13.9. The van der Waals surface area contributed by atoms with Crippen molar-refractivity contribution in [2.75, 3.05) is 19.8 Å². The zero-order valence-electron chi connectivity index (χ0n) is 39.5. The van der Waals surface area contributed by atoms with Crippen LogP contribution in [0, 0.1) is 50.2 Å². The van der Waals surface area contributed by atoms with E-state index in [-0.39, 0.29) is 39.4 Å². The second-order valence-corrected chi connectivity index (χ2v) is 23.5. The lowest BCUT2D eigenvalue weighted by Gasteiger charge is -2.71. The number of allylic oxidation sites excluding steroid dienone is 2. The Bertz CT molecular complexity index is 1790. The minimum Gasteiger partial charge on any atom is -0.432 e. The van der Waals surface area contributed by atoms with Gasteiger partial charge in [-0.1, -0.05) is 60.1 Å². The molecule has 0 bridgehead atoms. The quantitative estimate of drug-likeness (QED) is 0.0833. The van der Waals surface area contributed by atoms with Crippen molar-refractivity contribution in [2.24, 2.45) is 50.2 Å². The lowest BCUT2D eigenvalue weighted by Crippen LogP contribution is -2.67. The third-order valence-corrected chi connectivity index (χ3v) is 19.3. The molecule has 0 amide bonds. The number of ether oxygens (including phenoxy) is 6. The molecule has 3 saturated heterocycles. The van der Waals surface area contributed by atoms with Crippen molar-refractivity contribution in [3.8, 4) is 0 Å². The topological polar surface area (TPSA) is 295 Å². The van der Waals surface area contributed by atoms with Gasteiger partial charge in [-0.2, -0.15) is 0 Å². The first-order valence-corrected chi connectivity index (χ1v) is 24.3. The van der Waals surface area contributed by atoms with Crippen LogP contribution >= 0.6 is 0 Å². The molecule has 11 N–H and O–H groups in total. The van der Waals surface area contributed by atoms with Crippen LogP contribution in [0.4, 0.5) is 0 Å². The van der Waals surface area contributed by atoms with Gasteiger partial charge in [0.25, 0.3) is 0 Å². The van der Waals surface area contributed by atoms with Crippen molar-refractivity contribution in [1.82, 2.24) is 0 Å². The van der Waals surface area contributed by atoms with Gasteiger partial charge >= 0.3 is 5.97 Å². The summed E-state index contributed by atoms with van der Waals surface area (Å²) in [6.45, 7) is 14.1. The van der Waals surface area contributed by atoms with E-state index in [0.717, 1.165) is 44.9 Å². The zero-order valence-corrected chi connectivity index (χ0v) is 39.5. The van der Waals surface area contributed by atoms with Gasteiger partial charge in [-0.05, 0) is 109 Å². The fourth-order valence-corrected chi connectivity index (χ4v) is 15.0. The van der Waals surface area contributed by atoms with Crippen molar-refractivity contribution in [3.05, 3.63) is 11.6 Å². The standard InChI is InChI=1S/C48H78O18/c1-43(2)14-16-48(42(60)66-40-37(59)34(56)31(53)25(20-50)62-40)17-15-46(6)22(23(48)18-43)8-9-28-45(5)12-11-29(44(3,4)27(45)10-13-47(28,46)7)64-41-38(35(57)32(54)26(21-51)63-41)65-39-36(58)33(55)30(52)24(19-49)61-39/h8,23-41,49-59H,9-21H2,1-7H3/t23-,24+,25-,26-,27-,28-,29+,30+,31-,32-,33-,34+,35+,36-,37-,38-,39-,40+,41-,45-,46+,47-,48-/m1/s1. The molecule has 0 aromatic rings. The Morgan fingerprint density at radius 2 is 1.15 bits per heavy atom. The van der Waals surface area contributed by atoms with Crippen LogP contribution in [0.15, 0.2) is 11.6 Å². The molecule has 0 unspecified atom stereocenters. The Labute approximate surface area is 387 Å². The Morgan fingerprint density at radius 3 is 1.76 bits per heavy atom. The summed E-state index contributed by atoms with van der Waals surface area (Å²) in [5, 5.41) is 115. The number of fused-ring (bicyclic) bond motifs is 7. The molecule has 5 aliphatic carbocycles. The van der Waals surface area contributed by atoms with Crippen molar-refractivity contribution < 1.29 is 89.4 Å². The molecule has 8 aliphatic rings. The van der Waals surface area contributed by atoms with Crippen molar-refractivity contribution in [1.29, 1.82) is 0 Å². The molecular formula is C48H78O18. The maximum absolute atomic E-state index is 14.7. The minimum atomic E-state index is -1.78. The third kappa shape index (κ3) is 7.87. The van der Waals surface area contributed by atoms with Crippen LogP contribution in [0.25, 0.3) is 0 Å². The number of carbonyl (C=O) groups is 1. The van der Waals surface area contributed by atoms with E-state index in [0.29, 0.717) is 19.3 Å². The molecule has 7 fully saturated rings. The van der Waals surface area contributed by atoms with E-state index in [9.17, 15) is 61.0 Å². The number of aliphatic hydroxyl groups excluding tert-OH is 11. The summed E-state index contributed by atoms with van der Waals surface area (Å²) in [6.07, 6.45) is -13.8. The number of aliphatic hydroxyl groups is 11. The smallest absolute Gasteiger partial charge is 0.315 e. The second-order valence-electron chi connectivity index (χ2n) is 23.5. The first-order valence-electron chi connectivity index (χ1n) is 24.3. The number of hydrogen-bond acceptors (Lipinski definition) is 18. The fraction of sp³-hybridized carbons (Fsp3) is 0.938. The first-order chi connectivity index (χ1) is 30.9. The molecule has 66 heavy (non-hydrogen) atoms. The van der Waals surface area contributed by atoms with Gasteiger partial charge in [0, 0.05) is 0 Å². The third-order valence-electron chi connectivity index (χ3n) is 19.3. The molecule has 3 aliphatic heterocycles. The molecule has 8 rings (SSSR count). The molecule has 0 radical (unpaired) electrons. The maximum atomic E-state index is 14.7. The number of rotatable bonds is 9. The van der Waals surface area contributed by atoms with Gasteiger partial charge in [0.1, 0.15) is 73.2 Å². The molecule has 23 atom stereocenters. The maximum Gasteiger partial charge on any atom is 0.315 e. The zero-order chi connectivity index (χ0) is 48.3. The Morgan fingerprint density at radius 1 is 0.606 bits per heavy atom. The van der Waals surface area contributed by atoms with E-state index in [1.54, 1.807) is 0 Å². The normalized spacial score (nSPS) is 53.3. The molecule has 0 spiro atoms. The molecule has 378 valence electrons. The van der Waals surface area contributed by atoms with Crippen molar-refractivity contribution >= 4 is 5.97 Å². The predicted molar refractivity (Wildman–Crippen MR) is 230 cm³/mol. The first kappa shape index (κ1) is 50.9. The minimum absolute atomic E-state index is 0.0628. The summed E-state index contributed by atoms with van der Waals surface area (Å²) in [7, 11) is 0. The molecule has 4 saturated carbocycles. The number of esters is 1. The largest absolute Gasteiger partial charge is 0.432 e. The average molecular weight is 943 g/mol. The van der Waals surface area contributed by atoms with Gasteiger partial charge in [0.2, 0.25) is 6.29 Å². The van der Waals surface area contributed by atoms with Gasteiger partial charge < -0.3 is 84.6 Å². The van der Waals surface area contributed by atoms with E-state index in [1.807, 2.05) is 0 Å². The molecule has 0 aromatic carbocycles. The highest BCUT2D eigenvalue weighted by atomic mass is 16.8. The van der Waals surface area contributed by atoms with Crippen LogP contribution < -0.4 is 0 Å². The van der Waals surface area contributed by atoms with E-state index < -0.39 is 135 Å². The summed E-state index contributed by atoms with van der Waals surface area (Å²) in [4.78, 5) is 14.7. The number of hydrogen-bond donors (Lipinski definition) is 11. The van der Waals surface area contributed by atoms with Crippen molar-refractivity contribution in [3.63, 3.8) is 0 Å². The monoisotopic (exact) mass is 943 g/mol. The van der Waals surface area contributed by atoms with E-state index in [4.69, 9.17) is 28.4 Å². The fourth-order valence-electron chi connectivity index (χ4n) is 15.0. The van der Waals surface area contributed by atoms with Gasteiger partial charge in [0.15, 0.2) is 12.6 Å². The van der Waals surface area contributed by atoms with Gasteiger partial charge in [-0.25, -0.2) is 0 Å². The predicted octanol–water partition coefficient (Wildman–Crippen LogP) is 0.141. The second kappa shape index (κ2) is 18.0. The van der Waals surface area contributed by atoms with Crippen LogP contribution in [0.5, 0.6) is 0 Å². The van der Waals surface area contributed by atoms with Crippen molar-refractivity contribution in [2.45, 2.75) is 211 Å². The lowest BCUT2D eigenvalue weighted by atomic mass is 9.33. The van der Waals surface area contributed by atoms with Crippen LogP contribution in [-0.2, 0) is 33.2 Å². The van der Waals surface area contributed by atoms with Gasteiger partial charge in [-0.15, -0.1) is 0 Å². The van der Waals surface area contributed by atoms with Crippen LogP contribution in [-0.4, -0.2) is 180 Å². The summed E-state index contributed by atoms with van der Waals surface area (Å²) in [5.74, 6) is -0.227. The average Bonchev–Trinajstić information content (AvgIpc) is 3.27.